The number of hydrogen-bond donors (Lipinski definition) is 1. The van der Waals surface area contributed by atoms with Gasteiger partial charge in [-0.1, -0.05) is 19.9 Å². The van der Waals surface area contributed by atoms with Crippen LogP contribution in [0.5, 0.6) is 0 Å². The van der Waals surface area contributed by atoms with Crippen molar-refractivity contribution in [2.75, 3.05) is 14.1 Å². The Kier molecular flexibility index (Phi) is 6.09. The fraction of sp³-hybridized carbons (Fsp3) is 0.467. The van der Waals surface area contributed by atoms with E-state index in [0.717, 1.165) is 0 Å². The first-order valence-electron chi connectivity index (χ1n) is 6.91. The molecule has 120 valence electrons. The van der Waals surface area contributed by atoms with Crippen LogP contribution < -0.4 is 4.72 Å². The summed E-state index contributed by atoms with van der Waals surface area (Å²) in [6.07, 6.45) is 0.397. The molecule has 1 N–H and O–H groups in total. The summed E-state index contributed by atoms with van der Waals surface area (Å²) in [6, 6.07) is 6.78. The molecule has 0 saturated heterocycles. The van der Waals surface area contributed by atoms with E-state index >= 15 is 0 Å². The Morgan fingerprint density at radius 3 is 2.50 bits per heavy atom. The van der Waals surface area contributed by atoms with Crippen LogP contribution in [0.2, 0.25) is 0 Å². The van der Waals surface area contributed by atoms with Crippen LogP contribution in [0, 0.1) is 17.2 Å². The summed E-state index contributed by atoms with van der Waals surface area (Å²) in [6.45, 7) is 3.83. The van der Waals surface area contributed by atoms with Crippen molar-refractivity contribution in [1.82, 2.24) is 9.62 Å². The highest BCUT2D eigenvalue weighted by molar-refractivity contribution is 7.89. The molecule has 0 heterocycles. The summed E-state index contributed by atoms with van der Waals surface area (Å²) in [5, 5.41) is 8.86. The predicted molar refractivity (Wildman–Crippen MR) is 83.4 cm³/mol. The van der Waals surface area contributed by atoms with Gasteiger partial charge in [-0.3, -0.25) is 4.79 Å². The van der Waals surface area contributed by atoms with Crippen molar-refractivity contribution in [2.24, 2.45) is 5.92 Å². The molecule has 0 unspecified atom stereocenters. The van der Waals surface area contributed by atoms with Gasteiger partial charge in [0.15, 0.2) is 0 Å². The van der Waals surface area contributed by atoms with Crippen LogP contribution in [0.15, 0.2) is 29.2 Å². The van der Waals surface area contributed by atoms with Gasteiger partial charge in [0.1, 0.15) is 6.04 Å². The number of nitrogens with zero attached hydrogens (tertiary/aromatic N) is 2. The third-order valence-corrected chi connectivity index (χ3v) is 4.49. The first-order chi connectivity index (χ1) is 10.2. The highest BCUT2D eigenvalue weighted by Gasteiger charge is 2.27. The van der Waals surface area contributed by atoms with Crippen molar-refractivity contribution in [3.05, 3.63) is 29.8 Å². The molecule has 0 bridgehead atoms. The molecule has 0 aromatic heterocycles. The van der Waals surface area contributed by atoms with E-state index in [1.807, 2.05) is 19.9 Å². The summed E-state index contributed by atoms with van der Waals surface area (Å²) < 4.78 is 27.3. The fourth-order valence-corrected chi connectivity index (χ4v) is 3.22. The van der Waals surface area contributed by atoms with Crippen LogP contribution >= 0.6 is 0 Å². The highest BCUT2D eigenvalue weighted by atomic mass is 32.2. The zero-order chi connectivity index (χ0) is 16.9. The summed E-state index contributed by atoms with van der Waals surface area (Å²) in [5.41, 5.74) is 0.252. The minimum Gasteiger partial charge on any atom is -0.347 e. The van der Waals surface area contributed by atoms with E-state index in [-0.39, 0.29) is 22.3 Å². The van der Waals surface area contributed by atoms with E-state index in [2.05, 4.69) is 4.72 Å². The number of carbonyl (C=O) groups excluding carboxylic acids is 1. The Morgan fingerprint density at radius 2 is 2.00 bits per heavy atom. The Bertz CT molecular complexity index is 676. The van der Waals surface area contributed by atoms with Crippen LogP contribution in [-0.2, 0) is 14.8 Å². The predicted octanol–water partition coefficient (Wildman–Crippen LogP) is 1.34. The van der Waals surface area contributed by atoms with Crippen molar-refractivity contribution in [2.45, 2.75) is 31.2 Å². The topological polar surface area (TPSA) is 90.3 Å². The molecule has 7 heteroatoms. The van der Waals surface area contributed by atoms with Gasteiger partial charge in [-0.05, 0) is 30.5 Å². The first-order valence-corrected chi connectivity index (χ1v) is 8.39. The van der Waals surface area contributed by atoms with E-state index in [0.29, 0.717) is 6.42 Å². The minimum absolute atomic E-state index is 0.0214. The minimum atomic E-state index is -3.86. The summed E-state index contributed by atoms with van der Waals surface area (Å²) >= 11 is 0. The number of carbonyl (C=O) groups is 1. The molecular weight excluding hydrogens is 302 g/mol. The SMILES string of the molecule is CC(C)C[C@@H](NS(=O)(=O)c1cccc(C#N)c1)C(=O)N(C)C. The van der Waals surface area contributed by atoms with Crippen LogP contribution in [0.1, 0.15) is 25.8 Å². The second-order valence-electron chi connectivity index (χ2n) is 5.68. The molecule has 0 aliphatic rings. The number of hydrogen-bond acceptors (Lipinski definition) is 4. The monoisotopic (exact) mass is 323 g/mol. The molecule has 0 radical (unpaired) electrons. The normalized spacial score (nSPS) is 12.7. The maximum atomic E-state index is 12.4. The zero-order valence-corrected chi connectivity index (χ0v) is 14.0. The molecule has 0 fully saturated rings. The molecule has 0 aliphatic heterocycles. The van der Waals surface area contributed by atoms with Crippen LogP contribution in [-0.4, -0.2) is 39.4 Å². The smallest absolute Gasteiger partial charge is 0.241 e. The van der Waals surface area contributed by atoms with Crippen molar-refractivity contribution in [3.63, 3.8) is 0 Å². The molecule has 0 saturated carbocycles. The molecular formula is C15H21N3O3S. The summed E-state index contributed by atoms with van der Waals surface area (Å²) in [5.74, 6) is -0.143. The second-order valence-corrected chi connectivity index (χ2v) is 7.39. The molecule has 0 spiro atoms. The summed E-state index contributed by atoms with van der Waals surface area (Å²) in [7, 11) is -0.698. The molecule has 1 aromatic rings. The third kappa shape index (κ3) is 4.83. The number of nitriles is 1. The second kappa shape index (κ2) is 7.38. The maximum Gasteiger partial charge on any atom is 0.241 e. The van der Waals surface area contributed by atoms with Gasteiger partial charge in [0, 0.05) is 14.1 Å². The molecule has 6 nitrogen and oxygen atoms in total. The van der Waals surface area contributed by atoms with Gasteiger partial charge in [-0.2, -0.15) is 9.98 Å². The molecule has 1 atom stereocenters. The van der Waals surface area contributed by atoms with Gasteiger partial charge in [-0.15, -0.1) is 0 Å². The van der Waals surface area contributed by atoms with Crippen molar-refractivity contribution in [1.29, 1.82) is 5.26 Å². The van der Waals surface area contributed by atoms with Gasteiger partial charge in [0.25, 0.3) is 0 Å². The number of amides is 1. The van der Waals surface area contributed by atoms with Gasteiger partial charge in [0.2, 0.25) is 15.9 Å². The van der Waals surface area contributed by atoms with Gasteiger partial charge in [-0.25, -0.2) is 8.42 Å². The Balaban J connectivity index is 3.09. The lowest BCUT2D eigenvalue weighted by Gasteiger charge is -2.23. The quantitative estimate of drug-likeness (QED) is 0.855. The van der Waals surface area contributed by atoms with Gasteiger partial charge in [0.05, 0.1) is 16.5 Å². The zero-order valence-electron chi connectivity index (χ0n) is 13.2. The largest absolute Gasteiger partial charge is 0.347 e. The lowest BCUT2D eigenvalue weighted by Crippen LogP contribution is -2.46. The van der Waals surface area contributed by atoms with Crippen LogP contribution in [0.3, 0.4) is 0 Å². The Labute approximate surface area is 131 Å². The third-order valence-electron chi connectivity index (χ3n) is 3.02. The highest BCUT2D eigenvalue weighted by Crippen LogP contribution is 2.14. The number of rotatable bonds is 6. The van der Waals surface area contributed by atoms with E-state index < -0.39 is 16.1 Å². The number of nitrogens with one attached hydrogen (secondary N) is 1. The van der Waals surface area contributed by atoms with E-state index in [4.69, 9.17) is 5.26 Å². The van der Waals surface area contributed by atoms with Gasteiger partial charge >= 0.3 is 0 Å². The van der Waals surface area contributed by atoms with E-state index in [9.17, 15) is 13.2 Å². The number of benzene rings is 1. The lowest BCUT2D eigenvalue weighted by atomic mass is 10.0. The number of sulfonamides is 1. The number of likely N-dealkylation sites (N-methyl/N-ethyl adjacent to an activating group) is 1. The fourth-order valence-electron chi connectivity index (χ4n) is 1.97. The molecule has 1 amide bonds. The van der Waals surface area contributed by atoms with Gasteiger partial charge < -0.3 is 4.90 Å². The van der Waals surface area contributed by atoms with E-state index in [1.54, 1.807) is 14.1 Å². The van der Waals surface area contributed by atoms with Crippen LogP contribution in [0.25, 0.3) is 0 Å². The van der Waals surface area contributed by atoms with Crippen molar-refractivity contribution >= 4 is 15.9 Å². The molecule has 1 aromatic carbocycles. The maximum absolute atomic E-state index is 12.4. The standard InChI is InChI=1S/C15H21N3O3S/c1-11(2)8-14(15(19)18(3)4)17-22(20,21)13-7-5-6-12(9-13)10-16/h5-7,9,11,14,17H,8H2,1-4H3/t14-/m1/s1. The first kappa shape index (κ1) is 18.1. The lowest BCUT2D eigenvalue weighted by molar-refractivity contribution is -0.130. The molecule has 22 heavy (non-hydrogen) atoms. The van der Waals surface area contributed by atoms with Crippen molar-refractivity contribution in [3.8, 4) is 6.07 Å². The average Bonchev–Trinajstić information content (AvgIpc) is 2.45. The van der Waals surface area contributed by atoms with Crippen LogP contribution in [0.4, 0.5) is 0 Å². The van der Waals surface area contributed by atoms with E-state index in [1.165, 1.54) is 29.2 Å². The molecule has 0 aliphatic carbocycles. The average molecular weight is 323 g/mol. The van der Waals surface area contributed by atoms with Crippen molar-refractivity contribution < 1.29 is 13.2 Å². The Morgan fingerprint density at radius 1 is 1.36 bits per heavy atom. The Hall–Kier alpha value is -1.91. The molecule has 1 rings (SSSR count). The summed E-state index contributed by atoms with van der Waals surface area (Å²) in [4.78, 5) is 13.5.